The summed E-state index contributed by atoms with van der Waals surface area (Å²) in [5.74, 6) is 1.53. The van der Waals surface area contributed by atoms with Crippen molar-refractivity contribution in [1.29, 1.82) is 0 Å². The maximum atomic E-state index is 12.0. The van der Waals surface area contributed by atoms with E-state index in [0.717, 1.165) is 16.5 Å². The zero-order valence-corrected chi connectivity index (χ0v) is 12.4. The summed E-state index contributed by atoms with van der Waals surface area (Å²) in [6, 6.07) is 9.29. The monoisotopic (exact) mass is 356 g/mol. The number of ether oxygens (including phenoxy) is 2. The average molecular weight is 356 g/mol. The Morgan fingerprint density at radius 2 is 1.83 bits per heavy atom. The summed E-state index contributed by atoms with van der Waals surface area (Å²) in [5, 5.41) is 1.72. The first kappa shape index (κ1) is 13.1. The number of benzene rings is 2. The number of methoxy groups -OCH3 is 2. The van der Waals surface area contributed by atoms with E-state index in [2.05, 4.69) is 22.6 Å². The Balaban J connectivity index is 2.84. The van der Waals surface area contributed by atoms with E-state index in [1.807, 2.05) is 24.3 Å². The average Bonchev–Trinajstić information content (AvgIpc) is 2.44. The third kappa shape index (κ3) is 2.16. The molecule has 0 aromatic heterocycles. The molecule has 0 N–H and O–H groups in total. The largest absolute Gasteiger partial charge is 0.496 e. The van der Waals surface area contributed by atoms with Gasteiger partial charge in [0.25, 0.3) is 0 Å². The maximum absolute atomic E-state index is 12.0. The number of carbonyl (C=O) groups is 1. The fraction of sp³-hybridized carbons (Fsp3) is 0.214. The van der Waals surface area contributed by atoms with Gasteiger partial charge in [0.2, 0.25) is 0 Å². The lowest BCUT2D eigenvalue weighted by Gasteiger charge is -2.12. The molecule has 0 aliphatic rings. The van der Waals surface area contributed by atoms with Gasteiger partial charge in [0.1, 0.15) is 11.5 Å². The van der Waals surface area contributed by atoms with Crippen molar-refractivity contribution >= 4 is 39.1 Å². The normalized spacial score (nSPS) is 10.4. The summed E-state index contributed by atoms with van der Waals surface area (Å²) in [6.07, 6.45) is 0. The van der Waals surface area contributed by atoms with Crippen molar-refractivity contribution in [3.8, 4) is 11.5 Å². The highest BCUT2D eigenvalue weighted by Gasteiger charge is 2.15. The molecule has 0 spiro atoms. The predicted octanol–water partition coefficient (Wildman–Crippen LogP) is 3.47. The fourth-order valence-electron chi connectivity index (χ4n) is 2.00. The molecule has 0 saturated heterocycles. The van der Waals surface area contributed by atoms with Crippen molar-refractivity contribution in [1.82, 2.24) is 0 Å². The molecule has 2 rings (SSSR count). The second-order valence-electron chi connectivity index (χ2n) is 3.76. The summed E-state index contributed by atoms with van der Waals surface area (Å²) in [5.41, 5.74) is 0.678. The molecule has 94 valence electrons. The van der Waals surface area contributed by atoms with Crippen LogP contribution in [0.4, 0.5) is 0 Å². The molecule has 0 bridgehead atoms. The zero-order chi connectivity index (χ0) is 13.1. The highest BCUT2D eigenvalue weighted by atomic mass is 127. The van der Waals surface area contributed by atoms with Crippen LogP contribution in [0.25, 0.3) is 10.8 Å². The number of alkyl halides is 1. The summed E-state index contributed by atoms with van der Waals surface area (Å²) < 4.78 is 11.1. The minimum atomic E-state index is 0.0905. The highest BCUT2D eigenvalue weighted by molar-refractivity contribution is 14.1. The first-order chi connectivity index (χ1) is 8.72. The zero-order valence-electron chi connectivity index (χ0n) is 10.2. The second-order valence-corrected chi connectivity index (χ2v) is 4.52. The number of halogens is 1. The van der Waals surface area contributed by atoms with Crippen LogP contribution in [-0.4, -0.2) is 24.4 Å². The fourth-order valence-corrected chi connectivity index (χ4v) is 2.41. The van der Waals surface area contributed by atoms with E-state index in [-0.39, 0.29) is 5.78 Å². The van der Waals surface area contributed by atoms with Crippen LogP contribution in [-0.2, 0) is 0 Å². The predicted molar refractivity (Wildman–Crippen MR) is 80.3 cm³/mol. The van der Waals surface area contributed by atoms with E-state index in [1.54, 1.807) is 20.3 Å². The lowest BCUT2D eigenvalue weighted by molar-refractivity contribution is 0.102. The number of fused-ring (bicyclic) bond motifs is 1. The van der Waals surface area contributed by atoms with E-state index in [1.165, 1.54) is 0 Å². The quantitative estimate of drug-likeness (QED) is 0.478. The lowest BCUT2D eigenvalue weighted by atomic mass is 10.0. The van der Waals surface area contributed by atoms with Crippen molar-refractivity contribution < 1.29 is 14.3 Å². The van der Waals surface area contributed by atoms with Crippen LogP contribution in [0.15, 0.2) is 30.3 Å². The summed E-state index contributed by atoms with van der Waals surface area (Å²) >= 11 is 2.07. The number of rotatable bonds is 4. The molecule has 0 radical (unpaired) electrons. The molecular formula is C14H13IO3. The molecule has 0 aliphatic heterocycles. The molecule has 4 heteroatoms. The molecule has 0 amide bonds. The van der Waals surface area contributed by atoms with E-state index in [4.69, 9.17) is 9.47 Å². The summed E-state index contributed by atoms with van der Waals surface area (Å²) in [4.78, 5) is 12.0. The van der Waals surface area contributed by atoms with E-state index < -0.39 is 0 Å². The molecule has 0 aliphatic carbocycles. The van der Waals surface area contributed by atoms with Crippen LogP contribution >= 0.6 is 22.6 Å². The van der Waals surface area contributed by atoms with Crippen LogP contribution in [0, 0.1) is 0 Å². The van der Waals surface area contributed by atoms with Gasteiger partial charge in [-0.2, -0.15) is 0 Å². The Hall–Kier alpha value is -1.30. The van der Waals surface area contributed by atoms with Crippen molar-refractivity contribution in [2.45, 2.75) is 0 Å². The van der Waals surface area contributed by atoms with Crippen LogP contribution in [0.5, 0.6) is 11.5 Å². The van der Waals surface area contributed by atoms with Crippen LogP contribution < -0.4 is 9.47 Å². The van der Waals surface area contributed by atoms with E-state index >= 15 is 0 Å². The Morgan fingerprint density at radius 3 is 2.44 bits per heavy atom. The van der Waals surface area contributed by atoms with Gasteiger partial charge in [-0.05, 0) is 18.2 Å². The lowest BCUT2D eigenvalue weighted by Crippen LogP contribution is -2.02. The van der Waals surface area contributed by atoms with Gasteiger partial charge in [-0.1, -0.05) is 34.7 Å². The van der Waals surface area contributed by atoms with Crippen LogP contribution in [0.2, 0.25) is 0 Å². The first-order valence-electron chi connectivity index (χ1n) is 5.45. The number of ketones is 1. The van der Waals surface area contributed by atoms with E-state index in [0.29, 0.717) is 15.7 Å². The molecule has 0 heterocycles. The Morgan fingerprint density at radius 1 is 1.11 bits per heavy atom. The third-order valence-electron chi connectivity index (χ3n) is 2.82. The van der Waals surface area contributed by atoms with Gasteiger partial charge in [-0.25, -0.2) is 0 Å². The smallest absolute Gasteiger partial charge is 0.173 e. The van der Waals surface area contributed by atoms with E-state index in [9.17, 15) is 4.79 Å². The number of carbonyl (C=O) groups excluding carboxylic acids is 1. The molecule has 0 fully saturated rings. The van der Waals surface area contributed by atoms with Crippen molar-refractivity contribution in [2.75, 3.05) is 18.6 Å². The minimum Gasteiger partial charge on any atom is -0.496 e. The Bertz CT molecular complexity index is 593. The van der Waals surface area contributed by atoms with Gasteiger partial charge in [0.15, 0.2) is 5.78 Å². The Labute approximate surface area is 119 Å². The van der Waals surface area contributed by atoms with Gasteiger partial charge in [-0.15, -0.1) is 0 Å². The molecule has 3 nitrogen and oxygen atoms in total. The molecular weight excluding hydrogens is 343 g/mol. The first-order valence-corrected chi connectivity index (χ1v) is 6.98. The summed E-state index contributed by atoms with van der Waals surface area (Å²) in [7, 11) is 3.22. The topological polar surface area (TPSA) is 35.5 Å². The molecule has 0 atom stereocenters. The van der Waals surface area contributed by atoms with Crippen LogP contribution in [0.1, 0.15) is 10.4 Å². The van der Waals surface area contributed by atoms with Gasteiger partial charge >= 0.3 is 0 Å². The summed E-state index contributed by atoms with van der Waals surface area (Å²) in [6.45, 7) is 0. The number of Topliss-reactive ketones (excluding diaryl/α,β-unsaturated/α-hetero) is 1. The SMILES string of the molecule is COc1ccc(C(=O)CI)c2c(OC)cccc12. The minimum absolute atomic E-state index is 0.0905. The van der Waals surface area contributed by atoms with Crippen molar-refractivity contribution in [3.05, 3.63) is 35.9 Å². The number of hydrogen-bond donors (Lipinski definition) is 0. The van der Waals surface area contributed by atoms with Gasteiger partial charge in [0, 0.05) is 16.3 Å². The molecule has 2 aromatic rings. The molecule has 0 saturated carbocycles. The van der Waals surface area contributed by atoms with Crippen molar-refractivity contribution in [3.63, 3.8) is 0 Å². The Kier molecular flexibility index (Phi) is 4.06. The molecule has 2 aromatic carbocycles. The van der Waals surface area contributed by atoms with Gasteiger partial charge < -0.3 is 9.47 Å². The van der Waals surface area contributed by atoms with Gasteiger partial charge in [-0.3, -0.25) is 4.79 Å². The maximum Gasteiger partial charge on any atom is 0.173 e. The molecule has 18 heavy (non-hydrogen) atoms. The molecule has 0 unspecified atom stereocenters. The highest BCUT2D eigenvalue weighted by Crippen LogP contribution is 2.35. The third-order valence-corrected chi connectivity index (χ3v) is 3.52. The standard InChI is InChI=1S/C14H13IO3/c1-17-12-7-6-9(11(16)8-15)14-10(12)4-3-5-13(14)18-2/h3-7H,8H2,1-2H3. The number of hydrogen-bond acceptors (Lipinski definition) is 3. The second kappa shape index (κ2) is 5.56. The van der Waals surface area contributed by atoms with Crippen LogP contribution in [0.3, 0.4) is 0 Å². The van der Waals surface area contributed by atoms with Crippen molar-refractivity contribution in [2.24, 2.45) is 0 Å². The van der Waals surface area contributed by atoms with Gasteiger partial charge in [0.05, 0.1) is 18.6 Å².